The predicted octanol–water partition coefficient (Wildman–Crippen LogP) is 3.05. The summed E-state index contributed by atoms with van der Waals surface area (Å²) in [6.45, 7) is 2.91. The van der Waals surface area contributed by atoms with Gasteiger partial charge in [0.1, 0.15) is 12.3 Å². The van der Waals surface area contributed by atoms with E-state index in [0.29, 0.717) is 36.8 Å². The van der Waals surface area contributed by atoms with Crippen LogP contribution in [0.15, 0.2) is 53.4 Å². The van der Waals surface area contributed by atoms with Gasteiger partial charge in [0.15, 0.2) is 0 Å². The van der Waals surface area contributed by atoms with Crippen molar-refractivity contribution in [1.29, 1.82) is 0 Å². The molecule has 3 rings (SSSR count). The minimum absolute atomic E-state index is 0.166. The summed E-state index contributed by atoms with van der Waals surface area (Å²) in [7, 11) is -7.32. The van der Waals surface area contributed by atoms with Crippen LogP contribution in [-0.4, -0.2) is 59.5 Å². The average molecular weight is 510 g/mol. The maximum absolute atomic E-state index is 12.9. The average Bonchev–Trinajstić information content (AvgIpc) is 3.08. The minimum Gasteiger partial charge on any atom is -0.494 e. The lowest BCUT2D eigenvalue weighted by atomic mass is 10.2. The Labute approximate surface area is 201 Å². The maximum Gasteiger partial charge on any atom is 0.245 e. The van der Waals surface area contributed by atoms with Gasteiger partial charge in [0, 0.05) is 18.8 Å². The zero-order chi connectivity index (χ0) is 24.8. The molecule has 0 aliphatic carbocycles. The van der Waals surface area contributed by atoms with E-state index in [4.69, 9.17) is 4.74 Å². The van der Waals surface area contributed by atoms with Crippen LogP contribution < -0.4 is 14.4 Å². The van der Waals surface area contributed by atoms with E-state index in [-0.39, 0.29) is 4.90 Å². The van der Waals surface area contributed by atoms with Crippen molar-refractivity contribution in [3.63, 3.8) is 0 Å². The summed E-state index contributed by atoms with van der Waals surface area (Å²) in [4.78, 5) is 12.8. The molecule has 0 radical (unpaired) electrons. The summed E-state index contributed by atoms with van der Waals surface area (Å²) in [5, 5.41) is 2.64. The van der Waals surface area contributed by atoms with Gasteiger partial charge < -0.3 is 10.1 Å². The van der Waals surface area contributed by atoms with Crippen molar-refractivity contribution in [1.82, 2.24) is 4.31 Å². The van der Waals surface area contributed by atoms with Gasteiger partial charge in [-0.2, -0.15) is 4.31 Å². The summed E-state index contributed by atoms with van der Waals surface area (Å²) >= 11 is 0. The molecular formula is C23H31N3O6S2. The molecule has 0 atom stereocenters. The topological polar surface area (TPSA) is 113 Å². The number of ether oxygens (including phenoxy) is 1. The van der Waals surface area contributed by atoms with Crippen LogP contribution in [0, 0.1) is 0 Å². The minimum atomic E-state index is -3.73. The lowest BCUT2D eigenvalue weighted by Gasteiger charge is -2.22. The van der Waals surface area contributed by atoms with Gasteiger partial charge in [-0.1, -0.05) is 12.8 Å². The first-order valence-corrected chi connectivity index (χ1v) is 14.5. The summed E-state index contributed by atoms with van der Waals surface area (Å²) < 4.78 is 58.3. The van der Waals surface area contributed by atoms with Crippen LogP contribution in [0.25, 0.3) is 0 Å². The fourth-order valence-corrected chi connectivity index (χ4v) is 6.12. The Bertz CT molecular complexity index is 1170. The molecule has 2 aromatic carbocycles. The number of carbonyl (C=O) groups is 1. The molecule has 186 valence electrons. The molecule has 0 spiro atoms. The third kappa shape index (κ3) is 6.71. The second-order valence-electron chi connectivity index (χ2n) is 8.09. The van der Waals surface area contributed by atoms with E-state index in [9.17, 15) is 21.6 Å². The molecule has 1 fully saturated rings. The van der Waals surface area contributed by atoms with Gasteiger partial charge in [0.05, 0.1) is 23.4 Å². The second kappa shape index (κ2) is 11.2. The Balaban J connectivity index is 1.69. The van der Waals surface area contributed by atoms with Crippen LogP contribution in [0.5, 0.6) is 5.75 Å². The smallest absolute Gasteiger partial charge is 0.245 e. The zero-order valence-corrected chi connectivity index (χ0v) is 21.1. The first kappa shape index (κ1) is 26.0. The highest BCUT2D eigenvalue weighted by Gasteiger charge is 2.25. The monoisotopic (exact) mass is 509 g/mol. The third-order valence-corrected chi connectivity index (χ3v) is 8.52. The lowest BCUT2D eigenvalue weighted by Crippen LogP contribution is -2.37. The highest BCUT2D eigenvalue weighted by molar-refractivity contribution is 7.92. The summed E-state index contributed by atoms with van der Waals surface area (Å²) in [5.74, 6) is 0.0433. The van der Waals surface area contributed by atoms with Crippen molar-refractivity contribution in [3.05, 3.63) is 48.5 Å². The number of benzene rings is 2. The summed E-state index contributed by atoms with van der Waals surface area (Å²) in [6.07, 6.45) is 4.77. The molecular weight excluding hydrogens is 478 g/mol. The first-order valence-electron chi connectivity index (χ1n) is 11.2. The number of nitrogens with zero attached hydrogens (tertiary/aromatic N) is 2. The van der Waals surface area contributed by atoms with E-state index < -0.39 is 32.5 Å². The van der Waals surface area contributed by atoms with Crippen molar-refractivity contribution in [2.75, 3.05) is 42.1 Å². The van der Waals surface area contributed by atoms with E-state index in [1.54, 1.807) is 24.3 Å². The molecule has 1 aliphatic rings. The Morgan fingerprint density at radius 2 is 1.53 bits per heavy atom. The SMILES string of the molecule is CCOc1ccc(N(CC(=O)Nc2ccc(S(=O)(=O)N3CCCCCC3)cc2)S(C)(=O)=O)cc1. The van der Waals surface area contributed by atoms with Gasteiger partial charge in [-0.25, -0.2) is 16.8 Å². The Kier molecular flexibility index (Phi) is 8.56. The van der Waals surface area contributed by atoms with Gasteiger partial charge in [-0.3, -0.25) is 9.10 Å². The Morgan fingerprint density at radius 3 is 2.06 bits per heavy atom. The largest absolute Gasteiger partial charge is 0.494 e. The quantitative estimate of drug-likeness (QED) is 0.556. The standard InChI is InChI=1S/C23H31N3O6S2/c1-3-32-21-12-10-20(11-13-21)26(33(2,28)29)18-23(27)24-19-8-14-22(15-9-19)34(30,31)25-16-6-4-5-7-17-25/h8-15H,3-7,16-18H2,1-2H3,(H,24,27). The number of hydrogen-bond acceptors (Lipinski definition) is 6. The van der Waals surface area contributed by atoms with Gasteiger partial charge in [0.25, 0.3) is 0 Å². The summed E-state index contributed by atoms with van der Waals surface area (Å²) in [5.41, 5.74) is 0.708. The molecule has 1 aliphatic heterocycles. The van der Waals surface area contributed by atoms with Gasteiger partial charge in [-0.15, -0.1) is 0 Å². The van der Waals surface area contributed by atoms with Crippen molar-refractivity contribution in [3.8, 4) is 5.75 Å². The molecule has 0 unspecified atom stereocenters. The van der Waals surface area contributed by atoms with E-state index in [2.05, 4.69) is 5.32 Å². The van der Waals surface area contributed by atoms with Crippen LogP contribution >= 0.6 is 0 Å². The van der Waals surface area contributed by atoms with Gasteiger partial charge >= 0.3 is 0 Å². The van der Waals surface area contributed by atoms with Gasteiger partial charge in [0.2, 0.25) is 26.0 Å². The van der Waals surface area contributed by atoms with E-state index in [1.807, 2.05) is 6.92 Å². The maximum atomic E-state index is 12.9. The summed E-state index contributed by atoms with van der Waals surface area (Å²) in [6, 6.07) is 12.3. The fourth-order valence-electron chi connectivity index (χ4n) is 3.75. The van der Waals surface area contributed by atoms with Crippen LogP contribution in [0.1, 0.15) is 32.6 Å². The number of hydrogen-bond donors (Lipinski definition) is 1. The fraction of sp³-hybridized carbons (Fsp3) is 0.435. The van der Waals surface area contributed by atoms with Crippen molar-refractivity contribution < 1.29 is 26.4 Å². The second-order valence-corrected chi connectivity index (χ2v) is 11.9. The Morgan fingerprint density at radius 1 is 0.941 bits per heavy atom. The Hall–Kier alpha value is -2.63. The van der Waals surface area contributed by atoms with Crippen molar-refractivity contribution in [2.45, 2.75) is 37.5 Å². The van der Waals surface area contributed by atoms with E-state index in [1.165, 1.54) is 28.6 Å². The predicted molar refractivity (Wildman–Crippen MR) is 132 cm³/mol. The first-order chi connectivity index (χ1) is 16.1. The normalized spacial score (nSPS) is 15.4. The number of sulfonamides is 2. The molecule has 0 bridgehead atoms. The molecule has 34 heavy (non-hydrogen) atoms. The number of rotatable bonds is 9. The third-order valence-electron chi connectivity index (χ3n) is 5.46. The lowest BCUT2D eigenvalue weighted by molar-refractivity contribution is -0.114. The molecule has 2 aromatic rings. The molecule has 0 saturated carbocycles. The van der Waals surface area contributed by atoms with Crippen LogP contribution in [0.4, 0.5) is 11.4 Å². The van der Waals surface area contributed by atoms with Gasteiger partial charge in [-0.05, 0) is 68.3 Å². The molecule has 11 heteroatoms. The molecule has 1 heterocycles. The number of amides is 1. The van der Waals surface area contributed by atoms with Crippen molar-refractivity contribution in [2.24, 2.45) is 0 Å². The van der Waals surface area contributed by atoms with E-state index >= 15 is 0 Å². The van der Waals surface area contributed by atoms with Crippen LogP contribution in [-0.2, 0) is 24.8 Å². The molecule has 1 saturated heterocycles. The van der Waals surface area contributed by atoms with E-state index in [0.717, 1.165) is 36.2 Å². The molecule has 1 amide bonds. The highest BCUT2D eigenvalue weighted by atomic mass is 32.2. The molecule has 1 N–H and O–H groups in total. The number of anilines is 2. The molecule has 0 aromatic heterocycles. The molecule has 9 nitrogen and oxygen atoms in total. The number of carbonyl (C=O) groups excluding carboxylic acids is 1. The van der Waals surface area contributed by atoms with Crippen molar-refractivity contribution >= 4 is 37.3 Å². The number of nitrogens with one attached hydrogen (secondary N) is 1. The van der Waals surface area contributed by atoms with Crippen LogP contribution in [0.2, 0.25) is 0 Å². The highest BCUT2D eigenvalue weighted by Crippen LogP contribution is 2.23. The zero-order valence-electron chi connectivity index (χ0n) is 19.4. The van der Waals surface area contributed by atoms with Crippen LogP contribution in [0.3, 0.4) is 0 Å².